The molecule has 1 atom stereocenters. The van der Waals surface area contributed by atoms with Crippen LogP contribution in [0.4, 0.5) is 0 Å². The van der Waals surface area contributed by atoms with Gasteiger partial charge < -0.3 is 10.2 Å². The molecule has 1 unspecified atom stereocenters. The van der Waals surface area contributed by atoms with E-state index in [-0.39, 0.29) is 0 Å². The van der Waals surface area contributed by atoms with Crippen molar-refractivity contribution >= 4 is 0 Å². The number of hydrogen-bond acceptors (Lipinski definition) is 2. The average Bonchev–Trinajstić information content (AvgIpc) is 2.26. The first-order valence-electron chi connectivity index (χ1n) is 6.23. The molecule has 0 saturated carbocycles. The molecule has 1 aliphatic heterocycles. The van der Waals surface area contributed by atoms with E-state index in [1.54, 1.807) is 0 Å². The number of nitrogens with zero attached hydrogens (tertiary/aromatic N) is 1. The molecule has 1 saturated heterocycles. The van der Waals surface area contributed by atoms with Crippen LogP contribution in [-0.2, 0) is 0 Å². The molecule has 0 bridgehead atoms. The Labute approximate surface area is 89.1 Å². The van der Waals surface area contributed by atoms with Gasteiger partial charge in [0.2, 0.25) is 0 Å². The number of hydrogen-bond donors (Lipinski definition) is 1. The van der Waals surface area contributed by atoms with Gasteiger partial charge >= 0.3 is 0 Å². The minimum atomic E-state index is 0.769. The third-order valence-corrected chi connectivity index (χ3v) is 3.55. The molecule has 0 aromatic carbocycles. The lowest BCUT2D eigenvalue weighted by Gasteiger charge is -2.37. The Bertz CT molecular complexity index is 139. The van der Waals surface area contributed by atoms with E-state index in [1.165, 1.54) is 45.2 Å². The molecule has 1 fully saturated rings. The second-order valence-electron chi connectivity index (χ2n) is 4.45. The van der Waals surface area contributed by atoms with E-state index in [0.29, 0.717) is 0 Å². The first-order valence-corrected chi connectivity index (χ1v) is 6.23. The van der Waals surface area contributed by atoms with Gasteiger partial charge in [-0.15, -0.1) is 0 Å². The highest BCUT2D eigenvalue weighted by Gasteiger charge is 2.22. The van der Waals surface area contributed by atoms with E-state index in [2.05, 4.69) is 31.1 Å². The topological polar surface area (TPSA) is 15.3 Å². The number of piperidine rings is 1. The predicted molar refractivity (Wildman–Crippen MR) is 62.6 cm³/mol. The van der Waals surface area contributed by atoms with Crippen LogP contribution >= 0.6 is 0 Å². The van der Waals surface area contributed by atoms with Gasteiger partial charge in [-0.25, -0.2) is 0 Å². The molecule has 2 nitrogen and oxygen atoms in total. The van der Waals surface area contributed by atoms with Gasteiger partial charge in [-0.1, -0.05) is 20.3 Å². The molecular formula is C12H26N2. The molecule has 2 heteroatoms. The lowest BCUT2D eigenvalue weighted by atomic mass is 10.00. The highest BCUT2D eigenvalue weighted by Crippen LogP contribution is 2.17. The fourth-order valence-electron chi connectivity index (χ4n) is 2.53. The Morgan fingerprint density at radius 2 is 1.93 bits per heavy atom. The molecule has 0 radical (unpaired) electrons. The van der Waals surface area contributed by atoms with Gasteiger partial charge in [-0.3, -0.25) is 0 Å². The molecule has 14 heavy (non-hydrogen) atoms. The van der Waals surface area contributed by atoms with Crippen molar-refractivity contribution < 1.29 is 0 Å². The van der Waals surface area contributed by atoms with Crippen LogP contribution in [-0.4, -0.2) is 37.1 Å². The van der Waals surface area contributed by atoms with E-state index in [9.17, 15) is 0 Å². The summed E-state index contributed by atoms with van der Waals surface area (Å²) in [6, 6.07) is 1.61. The summed E-state index contributed by atoms with van der Waals surface area (Å²) < 4.78 is 0. The molecule has 0 amide bonds. The highest BCUT2D eigenvalue weighted by molar-refractivity contribution is 4.80. The van der Waals surface area contributed by atoms with Crippen molar-refractivity contribution in [2.75, 3.05) is 20.1 Å². The van der Waals surface area contributed by atoms with Gasteiger partial charge in [0.15, 0.2) is 0 Å². The van der Waals surface area contributed by atoms with E-state index >= 15 is 0 Å². The summed E-state index contributed by atoms with van der Waals surface area (Å²) >= 11 is 0. The summed E-state index contributed by atoms with van der Waals surface area (Å²) in [5.74, 6) is 0. The van der Waals surface area contributed by atoms with Crippen molar-refractivity contribution in [2.24, 2.45) is 0 Å². The van der Waals surface area contributed by atoms with Crippen LogP contribution < -0.4 is 5.32 Å². The lowest BCUT2D eigenvalue weighted by Crippen LogP contribution is -2.45. The Balaban J connectivity index is 2.31. The smallest absolute Gasteiger partial charge is 0.00925 e. The van der Waals surface area contributed by atoms with Crippen LogP contribution in [0.3, 0.4) is 0 Å². The lowest BCUT2D eigenvalue weighted by molar-refractivity contribution is 0.134. The van der Waals surface area contributed by atoms with Crippen LogP contribution in [0.2, 0.25) is 0 Å². The molecule has 0 aliphatic carbocycles. The Kier molecular flexibility index (Phi) is 5.49. The second-order valence-corrected chi connectivity index (χ2v) is 4.45. The third kappa shape index (κ3) is 3.25. The van der Waals surface area contributed by atoms with Crippen LogP contribution in [0.5, 0.6) is 0 Å². The zero-order chi connectivity index (χ0) is 10.4. The molecule has 1 aliphatic rings. The van der Waals surface area contributed by atoms with Crippen molar-refractivity contribution in [3.8, 4) is 0 Å². The minimum Gasteiger partial charge on any atom is -0.317 e. The maximum Gasteiger partial charge on any atom is 0.00925 e. The summed E-state index contributed by atoms with van der Waals surface area (Å²) in [4.78, 5) is 2.69. The van der Waals surface area contributed by atoms with E-state index in [1.807, 2.05) is 0 Å². The van der Waals surface area contributed by atoms with Crippen molar-refractivity contribution in [2.45, 2.75) is 58.0 Å². The first kappa shape index (κ1) is 12.0. The Hall–Kier alpha value is -0.0800. The zero-order valence-electron chi connectivity index (χ0n) is 10.1. The maximum absolute atomic E-state index is 3.39. The zero-order valence-corrected chi connectivity index (χ0v) is 10.1. The van der Waals surface area contributed by atoms with Crippen molar-refractivity contribution in [3.63, 3.8) is 0 Å². The van der Waals surface area contributed by atoms with E-state index in [0.717, 1.165) is 12.1 Å². The van der Waals surface area contributed by atoms with Crippen LogP contribution in [0.15, 0.2) is 0 Å². The van der Waals surface area contributed by atoms with Crippen molar-refractivity contribution in [1.29, 1.82) is 0 Å². The standard InChI is InChI=1S/C12H26N2/c1-4-6-12(5-2)14-9-7-11(13-3)8-10-14/h11-13H,4-10H2,1-3H3. The number of rotatable bonds is 5. The van der Waals surface area contributed by atoms with E-state index in [4.69, 9.17) is 0 Å². The van der Waals surface area contributed by atoms with Gasteiger partial charge in [0, 0.05) is 12.1 Å². The van der Waals surface area contributed by atoms with Crippen molar-refractivity contribution in [1.82, 2.24) is 10.2 Å². The summed E-state index contributed by atoms with van der Waals surface area (Å²) in [5.41, 5.74) is 0. The molecule has 1 heterocycles. The number of likely N-dealkylation sites (tertiary alicyclic amines) is 1. The maximum atomic E-state index is 3.39. The third-order valence-electron chi connectivity index (χ3n) is 3.55. The largest absolute Gasteiger partial charge is 0.317 e. The monoisotopic (exact) mass is 198 g/mol. The average molecular weight is 198 g/mol. The first-order chi connectivity index (χ1) is 6.81. The number of nitrogens with one attached hydrogen (secondary N) is 1. The van der Waals surface area contributed by atoms with Crippen molar-refractivity contribution in [3.05, 3.63) is 0 Å². The Morgan fingerprint density at radius 1 is 1.29 bits per heavy atom. The predicted octanol–water partition coefficient (Wildman–Crippen LogP) is 2.25. The van der Waals surface area contributed by atoms with Crippen LogP contribution in [0, 0.1) is 0 Å². The summed E-state index contributed by atoms with van der Waals surface area (Å²) in [6.07, 6.45) is 6.68. The van der Waals surface area contributed by atoms with Gasteiger partial charge in [0.25, 0.3) is 0 Å². The Morgan fingerprint density at radius 3 is 2.36 bits per heavy atom. The molecule has 1 rings (SSSR count). The van der Waals surface area contributed by atoms with Gasteiger partial charge in [-0.05, 0) is 45.8 Å². The van der Waals surface area contributed by atoms with E-state index < -0.39 is 0 Å². The summed E-state index contributed by atoms with van der Waals surface area (Å²) in [6.45, 7) is 7.21. The molecule has 1 N–H and O–H groups in total. The molecule has 0 spiro atoms. The van der Waals surface area contributed by atoms with Gasteiger partial charge in [0.1, 0.15) is 0 Å². The van der Waals surface area contributed by atoms with Crippen LogP contribution in [0.25, 0.3) is 0 Å². The fourth-order valence-corrected chi connectivity index (χ4v) is 2.53. The summed E-state index contributed by atoms with van der Waals surface area (Å²) in [5, 5.41) is 3.39. The van der Waals surface area contributed by atoms with Crippen LogP contribution in [0.1, 0.15) is 46.0 Å². The summed E-state index contributed by atoms with van der Waals surface area (Å²) in [7, 11) is 2.09. The molecule has 84 valence electrons. The normalized spacial score (nSPS) is 22.5. The fraction of sp³-hybridized carbons (Fsp3) is 1.00. The SMILES string of the molecule is CCCC(CC)N1CCC(NC)CC1. The van der Waals surface area contributed by atoms with Gasteiger partial charge in [0.05, 0.1) is 0 Å². The van der Waals surface area contributed by atoms with Gasteiger partial charge in [-0.2, -0.15) is 0 Å². The highest BCUT2D eigenvalue weighted by atomic mass is 15.2. The second kappa shape index (κ2) is 6.41. The minimum absolute atomic E-state index is 0.769. The quantitative estimate of drug-likeness (QED) is 0.729. The molecule has 0 aromatic rings. The molecular weight excluding hydrogens is 172 g/mol. The molecule has 0 aromatic heterocycles.